The average Bonchev–Trinajstić information content (AvgIpc) is 3.29. The van der Waals surface area contributed by atoms with Crippen LogP contribution < -0.4 is 10.6 Å². The normalized spacial score (nSPS) is 21.1. The van der Waals surface area contributed by atoms with Crippen LogP contribution in [0.1, 0.15) is 40.0 Å². The molecule has 2 atom stereocenters. The van der Waals surface area contributed by atoms with E-state index >= 15 is 0 Å². The maximum atomic E-state index is 13.4. The number of primary amides is 1. The van der Waals surface area contributed by atoms with Gasteiger partial charge in [-0.05, 0) is 61.9 Å². The molecule has 2 aliphatic heterocycles. The molecule has 0 unspecified atom stereocenters. The Kier molecular flexibility index (Phi) is 6.70. The fourth-order valence-electron chi connectivity index (χ4n) is 5.30. The van der Waals surface area contributed by atoms with Crippen molar-refractivity contribution in [3.63, 3.8) is 0 Å². The number of alkyl halides is 3. The lowest BCUT2D eigenvalue weighted by Gasteiger charge is -2.37. The third kappa shape index (κ3) is 4.94. The molecule has 184 valence electrons. The molecule has 2 saturated heterocycles. The van der Waals surface area contributed by atoms with Crippen LogP contribution in [-0.4, -0.2) is 47.9 Å². The number of nitrogens with two attached hydrogens (primary N) is 1. The van der Waals surface area contributed by atoms with Crippen LogP contribution in [0.4, 0.5) is 18.9 Å². The first kappa shape index (κ1) is 24.5. The monoisotopic (exact) mass is 485 g/mol. The van der Waals surface area contributed by atoms with E-state index < -0.39 is 29.1 Å². The molecule has 35 heavy (non-hydrogen) atoms. The summed E-state index contributed by atoms with van der Waals surface area (Å²) in [6.45, 7) is 3.42. The van der Waals surface area contributed by atoms with Crippen LogP contribution in [0.5, 0.6) is 0 Å². The number of pyridine rings is 1. The molecule has 4 rings (SSSR count). The molecule has 10 heteroatoms. The second-order valence-corrected chi connectivity index (χ2v) is 9.18. The van der Waals surface area contributed by atoms with Crippen LogP contribution >= 0.6 is 0 Å². The van der Waals surface area contributed by atoms with Crippen molar-refractivity contribution in [3.8, 4) is 6.07 Å². The average molecular weight is 486 g/mol. The molecule has 0 bridgehead atoms. The lowest BCUT2D eigenvalue weighted by Crippen LogP contribution is -2.40. The summed E-state index contributed by atoms with van der Waals surface area (Å²) >= 11 is 0. The van der Waals surface area contributed by atoms with Crippen LogP contribution in [0.3, 0.4) is 0 Å². The van der Waals surface area contributed by atoms with Crippen LogP contribution in [0.25, 0.3) is 0 Å². The predicted molar refractivity (Wildman–Crippen MR) is 122 cm³/mol. The number of hydrogen-bond donors (Lipinski definition) is 1. The second kappa shape index (κ2) is 9.56. The first-order chi connectivity index (χ1) is 16.6. The summed E-state index contributed by atoms with van der Waals surface area (Å²) in [5, 5.41) is 9.02. The van der Waals surface area contributed by atoms with Gasteiger partial charge in [0.1, 0.15) is 0 Å². The number of nitriles is 1. The van der Waals surface area contributed by atoms with Crippen LogP contribution in [-0.2, 0) is 11.0 Å². The van der Waals surface area contributed by atoms with Gasteiger partial charge in [0.2, 0.25) is 5.91 Å². The van der Waals surface area contributed by atoms with Gasteiger partial charge < -0.3 is 15.5 Å². The molecule has 2 aromatic rings. The highest BCUT2D eigenvalue weighted by atomic mass is 19.4. The van der Waals surface area contributed by atoms with Crippen molar-refractivity contribution in [3.05, 3.63) is 58.9 Å². The summed E-state index contributed by atoms with van der Waals surface area (Å²) in [5.41, 5.74) is 5.88. The summed E-state index contributed by atoms with van der Waals surface area (Å²) < 4.78 is 40.1. The number of benzene rings is 1. The molecule has 0 saturated carbocycles. The number of aromatic nitrogens is 1. The number of carbonyl (C=O) groups excluding carboxylic acids is 2. The van der Waals surface area contributed by atoms with Crippen LogP contribution in [0.2, 0.25) is 0 Å². The highest BCUT2D eigenvalue weighted by Crippen LogP contribution is 2.39. The van der Waals surface area contributed by atoms with Gasteiger partial charge in [0, 0.05) is 43.8 Å². The number of nitrogens with zero attached hydrogens (tertiary/aromatic N) is 4. The summed E-state index contributed by atoms with van der Waals surface area (Å²) in [5.74, 6) is -1.10. The van der Waals surface area contributed by atoms with Gasteiger partial charge in [0.15, 0.2) is 0 Å². The minimum atomic E-state index is -4.61. The lowest BCUT2D eigenvalue weighted by atomic mass is 9.78. The Morgan fingerprint density at radius 1 is 1.17 bits per heavy atom. The Morgan fingerprint density at radius 2 is 1.89 bits per heavy atom. The standard InChI is InChI=1S/C25H26F3N5O2/c1-15-19(3-2-8-31-15)24(35)33-13-20(21(14-33)23(30)34)16-6-9-32(10-7-16)18-5-4-17(12-29)22(11-18)25(26,27)28/h2-5,8,11,16,20-21H,6-7,9-10,13-14H2,1H3,(H2,30,34)/t20-,21+/m0/s1. The summed E-state index contributed by atoms with van der Waals surface area (Å²) in [4.78, 5) is 33.0. The smallest absolute Gasteiger partial charge is 0.372 e. The van der Waals surface area contributed by atoms with Crippen molar-refractivity contribution in [2.75, 3.05) is 31.1 Å². The Morgan fingerprint density at radius 3 is 2.49 bits per heavy atom. The quantitative estimate of drug-likeness (QED) is 0.715. The summed E-state index contributed by atoms with van der Waals surface area (Å²) in [7, 11) is 0. The molecule has 1 aromatic carbocycles. The Bertz CT molecular complexity index is 1170. The lowest BCUT2D eigenvalue weighted by molar-refractivity contribution is -0.137. The molecule has 2 N–H and O–H groups in total. The van der Waals surface area contributed by atoms with E-state index in [9.17, 15) is 22.8 Å². The molecule has 2 aliphatic rings. The van der Waals surface area contributed by atoms with E-state index in [0.29, 0.717) is 49.4 Å². The largest absolute Gasteiger partial charge is 0.417 e. The number of likely N-dealkylation sites (tertiary alicyclic amines) is 1. The molecule has 0 radical (unpaired) electrons. The SMILES string of the molecule is Cc1ncccc1C(=O)N1C[C@@H](C(N)=O)[C@H](C2CCN(c3ccc(C#N)c(C(F)(F)F)c3)CC2)C1. The van der Waals surface area contributed by atoms with Gasteiger partial charge in [0.25, 0.3) is 5.91 Å². The summed E-state index contributed by atoms with van der Waals surface area (Å²) in [6, 6.07) is 8.77. The third-order valence-corrected chi connectivity index (χ3v) is 7.19. The fraction of sp³-hybridized carbons (Fsp3) is 0.440. The van der Waals surface area contributed by atoms with E-state index in [1.807, 2.05) is 4.90 Å². The number of hydrogen-bond acceptors (Lipinski definition) is 5. The molecule has 3 heterocycles. The predicted octanol–water partition coefficient (Wildman–Crippen LogP) is 3.37. The number of carbonyl (C=O) groups is 2. The maximum Gasteiger partial charge on any atom is 0.417 e. The molecule has 2 amide bonds. The van der Waals surface area contributed by atoms with Crippen molar-refractivity contribution in [2.24, 2.45) is 23.5 Å². The topological polar surface area (TPSA) is 103 Å². The van der Waals surface area contributed by atoms with E-state index in [-0.39, 0.29) is 24.3 Å². The van der Waals surface area contributed by atoms with Crippen molar-refractivity contribution in [1.82, 2.24) is 9.88 Å². The molecule has 2 fully saturated rings. The highest BCUT2D eigenvalue weighted by Gasteiger charge is 2.43. The van der Waals surface area contributed by atoms with Gasteiger partial charge in [-0.3, -0.25) is 14.6 Å². The molecule has 1 aromatic heterocycles. The highest BCUT2D eigenvalue weighted by molar-refractivity contribution is 5.96. The minimum absolute atomic E-state index is 0.108. The van der Waals surface area contributed by atoms with Crippen molar-refractivity contribution in [1.29, 1.82) is 5.26 Å². The maximum absolute atomic E-state index is 13.4. The van der Waals surface area contributed by atoms with Gasteiger partial charge in [-0.2, -0.15) is 18.4 Å². The zero-order valence-electron chi connectivity index (χ0n) is 19.3. The number of rotatable bonds is 4. The number of aryl methyl sites for hydroxylation is 1. The molecular formula is C25H26F3N5O2. The van der Waals surface area contributed by atoms with Gasteiger partial charge in [-0.1, -0.05) is 0 Å². The molecule has 0 aliphatic carbocycles. The second-order valence-electron chi connectivity index (χ2n) is 9.18. The van der Waals surface area contributed by atoms with E-state index in [1.165, 1.54) is 12.1 Å². The third-order valence-electron chi connectivity index (χ3n) is 7.19. The zero-order chi connectivity index (χ0) is 25.3. The molecular weight excluding hydrogens is 459 g/mol. The number of piperidine rings is 1. The van der Waals surface area contributed by atoms with Crippen molar-refractivity contribution < 1.29 is 22.8 Å². The van der Waals surface area contributed by atoms with Crippen molar-refractivity contribution in [2.45, 2.75) is 25.9 Å². The summed E-state index contributed by atoms with van der Waals surface area (Å²) in [6.07, 6.45) is -1.68. The Balaban J connectivity index is 1.47. The minimum Gasteiger partial charge on any atom is -0.372 e. The number of amides is 2. The van der Waals surface area contributed by atoms with E-state index in [2.05, 4.69) is 4.98 Å². The van der Waals surface area contributed by atoms with Crippen LogP contribution in [0, 0.1) is 36.0 Å². The first-order valence-electron chi connectivity index (χ1n) is 11.5. The zero-order valence-corrected chi connectivity index (χ0v) is 19.3. The number of halogens is 3. The molecule has 0 spiro atoms. The Labute approximate surface area is 201 Å². The van der Waals surface area contributed by atoms with Gasteiger partial charge in [-0.25, -0.2) is 0 Å². The van der Waals surface area contributed by atoms with Gasteiger partial charge in [0.05, 0.1) is 28.7 Å². The van der Waals surface area contributed by atoms with E-state index in [0.717, 1.165) is 6.07 Å². The first-order valence-corrected chi connectivity index (χ1v) is 11.5. The van der Waals surface area contributed by atoms with Crippen molar-refractivity contribution >= 4 is 17.5 Å². The number of anilines is 1. The van der Waals surface area contributed by atoms with E-state index in [1.54, 1.807) is 36.2 Å². The van der Waals surface area contributed by atoms with Crippen LogP contribution in [0.15, 0.2) is 36.5 Å². The molecule has 7 nitrogen and oxygen atoms in total. The van der Waals surface area contributed by atoms with Gasteiger partial charge in [-0.15, -0.1) is 0 Å². The van der Waals surface area contributed by atoms with E-state index in [4.69, 9.17) is 11.0 Å². The fourth-order valence-corrected chi connectivity index (χ4v) is 5.30. The Hall–Kier alpha value is -3.61. The van der Waals surface area contributed by atoms with Gasteiger partial charge >= 0.3 is 6.18 Å².